The van der Waals surface area contributed by atoms with E-state index in [1.807, 2.05) is 36.4 Å². The van der Waals surface area contributed by atoms with Gasteiger partial charge in [-0.25, -0.2) is 4.98 Å². The van der Waals surface area contributed by atoms with Crippen LogP contribution in [0.4, 0.5) is 0 Å². The minimum Gasteiger partial charge on any atom is -0.383 e. The van der Waals surface area contributed by atoms with Crippen LogP contribution in [0.2, 0.25) is 0 Å². The molecule has 0 atom stereocenters. The van der Waals surface area contributed by atoms with Crippen LogP contribution in [0, 0.1) is 0 Å². The first-order valence-corrected chi connectivity index (χ1v) is 9.39. The number of hydrogen-bond acceptors (Lipinski definition) is 6. The van der Waals surface area contributed by atoms with Gasteiger partial charge in [-0.2, -0.15) is 9.90 Å². The molecule has 0 saturated carbocycles. The molecule has 2 heterocycles. The number of para-hydroxylation sites is 2. The van der Waals surface area contributed by atoms with E-state index < -0.39 is 0 Å². The lowest BCUT2D eigenvalue weighted by Crippen LogP contribution is -2.35. The van der Waals surface area contributed by atoms with Gasteiger partial charge in [-0.1, -0.05) is 30.3 Å². The van der Waals surface area contributed by atoms with E-state index in [4.69, 9.17) is 4.74 Å². The summed E-state index contributed by atoms with van der Waals surface area (Å²) in [6.45, 7) is 0.751. The van der Waals surface area contributed by atoms with Gasteiger partial charge in [0.25, 0.3) is 11.5 Å². The summed E-state index contributed by atoms with van der Waals surface area (Å²) < 4.78 is 5.14. The summed E-state index contributed by atoms with van der Waals surface area (Å²) in [5, 5.41) is 8.99. The summed E-state index contributed by atoms with van der Waals surface area (Å²) in [6, 6.07) is 16.4. The fourth-order valence-electron chi connectivity index (χ4n) is 3.05. The average molecular weight is 404 g/mol. The number of benzene rings is 2. The Bertz CT molecular complexity index is 1220. The van der Waals surface area contributed by atoms with Gasteiger partial charge in [0.2, 0.25) is 0 Å². The molecule has 0 aliphatic heterocycles. The maximum Gasteiger partial charge on any atom is 0.276 e. The van der Waals surface area contributed by atoms with Gasteiger partial charge in [-0.15, -0.1) is 5.10 Å². The van der Waals surface area contributed by atoms with Crippen LogP contribution < -0.4 is 5.56 Å². The van der Waals surface area contributed by atoms with E-state index in [9.17, 15) is 9.59 Å². The summed E-state index contributed by atoms with van der Waals surface area (Å²) in [6.07, 6.45) is 1.42. The topological polar surface area (TPSA) is 106 Å². The molecule has 9 nitrogen and oxygen atoms in total. The molecule has 1 amide bonds. The summed E-state index contributed by atoms with van der Waals surface area (Å²) in [5.74, 6) is 0.0589. The number of H-pyrrole nitrogens is 1. The molecule has 0 aliphatic rings. The Morgan fingerprint density at radius 3 is 2.70 bits per heavy atom. The van der Waals surface area contributed by atoms with Crippen LogP contribution in [0.1, 0.15) is 16.3 Å². The molecule has 2 aromatic heterocycles. The van der Waals surface area contributed by atoms with E-state index in [-0.39, 0.29) is 23.7 Å². The molecule has 0 saturated heterocycles. The standard InChI is InChI=1S/C21H20N6O3/c1-30-12-11-26(14-19-23-17-10-6-5-9-16(17)20(28)24-19)21(29)18-13-22-27(25-18)15-7-3-2-4-8-15/h2-10,13H,11-12,14H2,1H3,(H,23,24,28). The fourth-order valence-corrected chi connectivity index (χ4v) is 3.05. The number of amides is 1. The molecule has 2 aromatic carbocycles. The fraction of sp³-hybridized carbons (Fsp3) is 0.190. The first-order chi connectivity index (χ1) is 14.7. The maximum absolute atomic E-state index is 13.1. The molecule has 1 N–H and O–H groups in total. The van der Waals surface area contributed by atoms with E-state index in [0.717, 1.165) is 5.69 Å². The number of nitrogens with one attached hydrogen (secondary N) is 1. The third-order valence-corrected chi connectivity index (χ3v) is 4.55. The number of aromatic amines is 1. The highest BCUT2D eigenvalue weighted by Crippen LogP contribution is 2.10. The molecule has 0 fully saturated rings. The Labute approximate surface area is 171 Å². The minimum absolute atomic E-state index is 0.112. The van der Waals surface area contributed by atoms with Crippen molar-refractivity contribution in [3.8, 4) is 5.69 Å². The summed E-state index contributed by atoms with van der Waals surface area (Å²) in [4.78, 5) is 35.6. The van der Waals surface area contributed by atoms with Crippen molar-refractivity contribution in [2.24, 2.45) is 0 Å². The van der Waals surface area contributed by atoms with Crippen LogP contribution in [-0.2, 0) is 11.3 Å². The largest absolute Gasteiger partial charge is 0.383 e. The number of rotatable bonds is 7. The van der Waals surface area contributed by atoms with E-state index in [1.54, 1.807) is 25.3 Å². The van der Waals surface area contributed by atoms with Crippen molar-refractivity contribution >= 4 is 16.8 Å². The zero-order chi connectivity index (χ0) is 20.9. The molecule has 0 unspecified atom stereocenters. The molecule has 4 aromatic rings. The lowest BCUT2D eigenvalue weighted by atomic mass is 10.2. The summed E-state index contributed by atoms with van der Waals surface area (Å²) in [7, 11) is 1.56. The maximum atomic E-state index is 13.1. The second kappa shape index (κ2) is 8.66. The van der Waals surface area contributed by atoms with Crippen molar-refractivity contribution in [2.75, 3.05) is 20.3 Å². The zero-order valence-electron chi connectivity index (χ0n) is 16.4. The number of ether oxygens (including phenoxy) is 1. The number of aromatic nitrogens is 5. The molecule has 0 bridgehead atoms. The Kier molecular flexibility index (Phi) is 5.62. The van der Waals surface area contributed by atoms with E-state index in [0.29, 0.717) is 29.9 Å². The smallest absolute Gasteiger partial charge is 0.276 e. The molecule has 152 valence electrons. The van der Waals surface area contributed by atoms with E-state index in [1.165, 1.54) is 15.9 Å². The number of fused-ring (bicyclic) bond motifs is 1. The van der Waals surface area contributed by atoms with Gasteiger partial charge >= 0.3 is 0 Å². The Hall–Kier alpha value is -3.85. The van der Waals surface area contributed by atoms with Gasteiger partial charge in [0.1, 0.15) is 5.82 Å². The Morgan fingerprint density at radius 2 is 1.90 bits per heavy atom. The quantitative estimate of drug-likeness (QED) is 0.503. The van der Waals surface area contributed by atoms with Crippen LogP contribution >= 0.6 is 0 Å². The van der Waals surface area contributed by atoms with Crippen LogP contribution in [0.5, 0.6) is 0 Å². The molecule has 4 rings (SSSR count). The van der Waals surface area contributed by atoms with Gasteiger partial charge in [-0.05, 0) is 24.3 Å². The highest BCUT2D eigenvalue weighted by atomic mass is 16.5. The lowest BCUT2D eigenvalue weighted by Gasteiger charge is -2.20. The van der Waals surface area contributed by atoms with Crippen molar-refractivity contribution in [1.29, 1.82) is 0 Å². The van der Waals surface area contributed by atoms with Gasteiger partial charge < -0.3 is 14.6 Å². The third-order valence-electron chi connectivity index (χ3n) is 4.55. The van der Waals surface area contributed by atoms with Gasteiger partial charge in [0, 0.05) is 13.7 Å². The van der Waals surface area contributed by atoms with Crippen LogP contribution in [0.3, 0.4) is 0 Å². The van der Waals surface area contributed by atoms with Crippen molar-refractivity contribution in [3.63, 3.8) is 0 Å². The third kappa shape index (κ3) is 4.11. The van der Waals surface area contributed by atoms with Crippen molar-refractivity contribution in [2.45, 2.75) is 6.54 Å². The van der Waals surface area contributed by atoms with Crippen LogP contribution in [-0.4, -0.2) is 56.0 Å². The van der Waals surface area contributed by atoms with E-state index >= 15 is 0 Å². The second-order valence-corrected chi connectivity index (χ2v) is 6.60. The SMILES string of the molecule is COCCN(Cc1nc2ccccc2c(=O)[nH]1)C(=O)c1cnn(-c2ccccc2)n1. The predicted molar refractivity (Wildman–Crippen MR) is 110 cm³/mol. The Morgan fingerprint density at radius 1 is 1.13 bits per heavy atom. The number of hydrogen-bond donors (Lipinski definition) is 1. The summed E-state index contributed by atoms with van der Waals surface area (Å²) >= 11 is 0. The van der Waals surface area contributed by atoms with Crippen molar-refractivity contribution in [3.05, 3.63) is 82.7 Å². The normalized spacial score (nSPS) is 11.0. The summed E-state index contributed by atoms with van der Waals surface area (Å²) in [5.41, 5.74) is 1.27. The Balaban J connectivity index is 1.60. The molecular formula is C21H20N6O3. The van der Waals surface area contributed by atoms with Gasteiger partial charge in [-0.3, -0.25) is 9.59 Å². The first-order valence-electron chi connectivity index (χ1n) is 9.39. The van der Waals surface area contributed by atoms with Crippen LogP contribution in [0.25, 0.3) is 16.6 Å². The molecule has 0 aliphatic carbocycles. The molecule has 30 heavy (non-hydrogen) atoms. The predicted octanol–water partition coefficient (Wildman–Crippen LogP) is 1.79. The molecular weight excluding hydrogens is 384 g/mol. The number of methoxy groups -OCH3 is 1. The van der Waals surface area contributed by atoms with Gasteiger partial charge in [0.15, 0.2) is 5.69 Å². The lowest BCUT2D eigenvalue weighted by molar-refractivity contribution is 0.0669. The van der Waals surface area contributed by atoms with E-state index in [2.05, 4.69) is 20.2 Å². The molecule has 0 radical (unpaired) electrons. The minimum atomic E-state index is -0.329. The zero-order valence-corrected chi connectivity index (χ0v) is 16.4. The first kappa shape index (κ1) is 19.5. The molecule has 0 spiro atoms. The molecule has 9 heteroatoms. The number of carbonyl (C=O) groups is 1. The van der Waals surface area contributed by atoms with Crippen molar-refractivity contribution in [1.82, 2.24) is 29.9 Å². The van der Waals surface area contributed by atoms with Gasteiger partial charge in [0.05, 0.1) is 35.9 Å². The monoisotopic (exact) mass is 404 g/mol. The highest BCUT2D eigenvalue weighted by Gasteiger charge is 2.21. The highest BCUT2D eigenvalue weighted by molar-refractivity contribution is 5.92. The number of nitrogens with zero attached hydrogens (tertiary/aromatic N) is 5. The van der Waals surface area contributed by atoms with Crippen LogP contribution in [0.15, 0.2) is 65.6 Å². The van der Waals surface area contributed by atoms with Crippen molar-refractivity contribution < 1.29 is 9.53 Å². The number of carbonyl (C=O) groups excluding carboxylic acids is 1. The average Bonchev–Trinajstić information content (AvgIpc) is 3.27. The second-order valence-electron chi connectivity index (χ2n) is 6.60.